The van der Waals surface area contributed by atoms with Gasteiger partial charge in [0.2, 0.25) is 0 Å². The summed E-state index contributed by atoms with van der Waals surface area (Å²) >= 11 is 3.44. The molecule has 2 aromatic rings. The topological polar surface area (TPSA) is 67.9 Å². The third-order valence-electron chi connectivity index (χ3n) is 4.04. The first-order chi connectivity index (χ1) is 13.5. The summed E-state index contributed by atoms with van der Waals surface area (Å²) in [7, 11) is 1.51. The zero-order valence-electron chi connectivity index (χ0n) is 15.1. The fraction of sp³-hybridized carbons (Fsp3) is 0.143. The van der Waals surface area contributed by atoms with Gasteiger partial charge >= 0.3 is 6.03 Å². The molecule has 0 bridgehead atoms. The lowest BCUT2D eigenvalue weighted by Gasteiger charge is -2.12. The average Bonchev–Trinajstić information content (AvgIpc) is 2.96. The molecular formula is C21H17BrN2O4. The molecule has 0 atom stereocenters. The van der Waals surface area contributed by atoms with Crippen LogP contribution in [0.3, 0.4) is 0 Å². The molecule has 1 saturated heterocycles. The zero-order valence-corrected chi connectivity index (χ0v) is 16.7. The van der Waals surface area contributed by atoms with Crippen LogP contribution in [0, 0.1) is 12.3 Å². The second kappa shape index (κ2) is 8.63. The van der Waals surface area contributed by atoms with Gasteiger partial charge in [0.1, 0.15) is 12.3 Å². The van der Waals surface area contributed by atoms with Crippen LogP contribution in [-0.4, -0.2) is 30.6 Å². The van der Waals surface area contributed by atoms with Crippen LogP contribution in [0.4, 0.5) is 4.79 Å². The fourth-order valence-electron chi connectivity index (χ4n) is 2.69. The maximum absolute atomic E-state index is 12.7. The molecule has 0 unspecified atom stereocenters. The number of hydrogen-bond acceptors (Lipinski definition) is 4. The summed E-state index contributed by atoms with van der Waals surface area (Å²) in [4.78, 5) is 26.1. The normalized spacial score (nSPS) is 14.8. The number of carbonyl (C=O) groups is 2. The minimum Gasteiger partial charge on any atom is -0.493 e. The van der Waals surface area contributed by atoms with Crippen LogP contribution in [0.1, 0.15) is 11.1 Å². The van der Waals surface area contributed by atoms with E-state index in [-0.39, 0.29) is 18.8 Å². The largest absolute Gasteiger partial charge is 0.493 e. The predicted octanol–water partition coefficient (Wildman–Crippen LogP) is 3.56. The van der Waals surface area contributed by atoms with Gasteiger partial charge in [-0.2, -0.15) is 0 Å². The molecule has 7 heteroatoms. The highest BCUT2D eigenvalue weighted by molar-refractivity contribution is 9.10. The van der Waals surface area contributed by atoms with Crippen molar-refractivity contribution in [1.82, 2.24) is 10.2 Å². The van der Waals surface area contributed by atoms with Crippen molar-refractivity contribution in [1.29, 1.82) is 0 Å². The Morgan fingerprint density at radius 1 is 1.21 bits per heavy atom. The van der Waals surface area contributed by atoms with Crippen LogP contribution in [0.2, 0.25) is 0 Å². The highest BCUT2D eigenvalue weighted by Crippen LogP contribution is 2.35. The van der Waals surface area contributed by atoms with Crippen molar-refractivity contribution in [3.8, 4) is 23.8 Å². The first-order valence-electron chi connectivity index (χ1n) is 8.35. The van der Waals surface area contributed by atoms with E-state index in [9.17, 15) is 9.59 Å². The van der Waals surface area contributed by atoms with Crippen LogP contribution in [0.15, 0.2) is 52.6 Å². The van der Waals surface area contributed by atoms with Crippen molar-refractivity contribution in [2.45, 2.75) is 6.54 Å². The number of carbonyl (C=O) groups excluding carboxylic acids is 2. The second-order valence-corrected chi connectivity index (χ2v) is 6.74. The summed E-state index contributed by atoms with van der Waals surface area (Å²) in [5.41, 5.74) is 1.70. The van der Waals surface area contributed by atoms with Gasteiger partial charge in [0.25, 0.3) is 5.91 Å². The molecule has 0 spiro atoms. The van der Waals surface area contributed by atoms with E-state index in [1.165, 1.54) is 7.11 Å². The van der Waals surface area contributed by atoms with Crippen LogP contribution >= 0.6 is 15.9 Å². The first-order valence-corrected chi connectivity index (χ1v) is 9.15. The minimum atomic E-state index is -0.461. The van der Waals surface area contributed by atoms with E-state index in [4.69, 9.17) is 15.9 Å². The van der Waals surface area contributed by atoms with Gasteiger partial charge in [0.15, 0.2) is 11.5 Å². The van der Waals surface area contributed by atoms with Gasteiger partial charge in [0, 0.05) is 4.47 Å². The molecule has 0 radical (unpaired) electrons. The molecule has 3 amide bonds. The lowest BCUT2D eigenvalue weighted by molar-refractivity contribution is -0.123. The molecule has 1 heterocycles. The van der Waals surface area contributed by atoms with E-state index in [1.807, 2.05) is 30.3 Å². The Bertz CT molecular complexity index is 980. The Hall–Kier alpha value is -3.24. The summed E-state index contributed by atoms with van der Waals surface area (Å²) in [6.07, 6.45) is 6.81. The monoisotopic (exact) mass is 440 g/mol. The van der Waals surface area contributed by atoms with Crippen LogP contribution < -0.4 is 14.8 Å². The van der Waals surface area contributed by atoms with Gasteiger partial charge in [-0.15, -0.1) is 6.42 Å². The molecule has 1 fully saturated rings. The van der Waals surface area contributed by atoms with Crippen molar-refractivity contribution < 1.29 is 19.1 Å². The molecule has 1 N–H and O–H groups in total. The van der Waals surface area contributed by atoms with E-state index in [0.29, 0.717) is 21.5 Å². The molecule has 0 saturated carbocycles. The summed E-state index contributed by atoms with van der Waals surface area (Å²) in [5, 5.41) is 2.62. The van der Waals surface area contributed by atoms with Crippen LogP contribution in [-0.2, 0) is 11.3 Å². The summed E-state index contributed by atoms with van der Waals surface area (Å²) < 4.78 is 11.4. The Labute approximate surface area is 171 Å². The Morgan fingerprint density at radius 3 is 2.64 bits per heavy atom. The van der Waals surface area contributed by atoms with E-state index >= 15 is 0 Å². The third kappa shape index (κ3) is 4.18. The molecule has 142 valence electrons. The number of methoxy groups -OCH3 is 1. The molecule has 6 nitrogen and oxygen atoms in total. The molecule has 0 aliphatic carbocycles. The molecule has 1 aliphatic rings. The van der Waals surface area contributed by atoms with E-state index in [0.717, 1.165) is 10.5 Å². The van der Waals surface area contributed by atoms with Crippen molar-refractivity contribution >= 4 is 33.9 Å². The Morgan fingerprint density at radius 2 is 1.96 bits per heavy atom. The number of nitrogens with one attached hydrogen (secondary N) is 1. The molecular weight excluding hydrogens is 424 g/mol. The molecule has 3 rings (SSSR count). The van der Waals surface area contributed by atoms with Crippen molar-refractivity contribution in [2.24, 2.45) is 0 Å². The first kappa shape index (κ1) is 19.5. The number of nitrogens with zero attached hydrogens (tertiary/aromatic N) is 1. The maximum atomic E-state index is 12.7. The van der Waals surface area contributed by atoms with Crippen LogP contribution in [0.25, 0.3) is 6.08 Å². The van der Waals surface area contributed by atoms with Gasteiger partial charge < -0.3 is 14.8 Å². The van der Waals surface area contributed by atoms with Crippen molar-refractivity contribution in [2.75, 3.05) is 13.7 Å². The quantitative estimate of drug-likeness (QED) is 0.423. The summed E-state index contributed by atoms with van der Waals surface area (Å²) in [5.74, 6) is 2.93. The van der Waals surface area contributed by atoms with Gasteiger partial charge in [0.05, 0.1) is 13.7 Å². The Balaban J connectivity index is 1.86. The van der Waals surface area contributed by atoms with Gasteiger partial charge in [-0.05, 0) is 29.3 Å². The van der Waals surface area contributed by atoms with Crippen LogP contribution in [0.5, 0.6) is 11.5 Å². The maximum Gasteiger partial charge on any atom is 0.329 e. The number of urea groups is 1. The highest BCUT2D eigenvalue weighted by atomic mass is 79.9. The minimum absolute atomic E-state index is 0.103. The average molecular weight is 441 g/mol. The smallest absolute Gasteiger partial charge is 0.329 e. The second-order valence-electron chi connectivity index (χ2n) is 5.88. The Kier molecular flexibility index (Phi) is 6.02. The third-order valence-corrected chi connectivity index (χ3v) is 4.73. The SMILES string of the molecule is C#CCOc1cc(Br)c(/C=C2/NC(=O)N(Cc3ccccc3)C2=O)cc1OC. The lowest BCUT2D eigenvalue weighted by atomic mass is 10.1. The molecule has 28 heavy (non-hydrogen) atoms. The number of halogens is 1. The standard InChI is InChI=1S/C21H17BrN2O4/c1-3-9-28-19-12-16(22)15(11-18(19)27-2)10-17-20(25)24(21(26)23-17)13-14-7-5-4-6-8-14/h1,4-8,10-12H,9,13H2,2H3,(H,23,26)/b17-10+. The van der Waals surface area contributed by atoms with E-state index in [2.05, 4.69) is 27.2 Å². The summed E-state index contributed by atoms with van der Waals surface area (Å²) in [6, 6.07) is 12.3. The number of hydrogen-bond donors (Lipinski definition) is 1. The number of terminal acetylenes is 1. The number of rotatable bonds is 6. The van der Waals surface area contributed by atoms with Crippen molar-refractivity contribution in [3.05, 3.63) is 63.8 Å². The van der Waals surface area contributed by atoms with Gasteiger partial charge in [-0.1, -0.05) is 52.2 Å². The summed E-state index contributed by atoms with van der Waals surface area (Å²) in [6.45, 7) is 0.304. The van der Waals surface area contributed by atoms with E-state index < -0.39 is 11.9 Å². The highest BCUT2D eigenvalue weighted by Gasteiger charge is 2.33. The molecule has 0 aromatic heterocycles. The number of benzene rings is 2. The number of imide groups is 1. The van der Waals surface area contributed by atoms with E-state index in [1.54, 1.807) is 18.2 Å². The zero-order chi connectivity index (χ0) is 20.1. The predicted molar refractivity (Wildman–Crippen MR) is 109 cm³/mol. The fourth-order valence-corrected chi connectivity index (χ4v) is 3.13. The van der Waals surface area contributed by atoms with Gasteiger partial charge in [-0.25, -0.2) is 4.79 Å². The number of amides is 3. The number of ether oxygens (including phenoxy) is 2. The molecule has 1 aliphatic heterocycles. The molecule has 2 aromatic carbocycles. The van der Waals surface area contributed by atoms with Gasteiger partial charge in [-0.3, -0.25) is 9.69 Å². The van der Waals surface area contributed by atoms with Crippen molar-refractivity contribution in [3.63, 3.8) is 0 Å². The lowest BCUT2D eigenvalue weighted by Crippen LogP contribution is -2.30.